The predicted octanol–water partition coefficient (Wildman–Crippen LogP) is 4.21. The van der Waals surface area contributed by atoms with E-state index in [2.05, 4.69) is 10.1 Å². The van der Waals surface area contributed by atoms with Crippen LogP contribution in [-0.4, -0.2) is 27.2 Å². The summed E-state index contributed by atoms with van der Waals surface area (Å²) in [5, 5.41) is 5.21. The topological polar surface area (TPSA) is 51.0 Å². The molecule has 0 saturated heterocycles. The monoisotopic (exact) mass is 386 g/mol. The lowest BCUT2D eigenvalue weighted by Gasteiger charge is -2.29. The average molecular weight is 386 g/mol. The van der Waals surface area contributed by atoms with Gasteiger partial charge >= 0.3 is 0 Å². The SMILES string of the molecule is O=C(c1cnc2c(cnn2Cc2ccccc2)c1)N1CCCc2cccc(F)c21. The van der Waals surface area contributed by atoms with Crippen LogP contribution in [0.2, 0.25) is 0 Å². The summed E-state index contributed by atoms with van der Waals surface area (Å²) in [7, 11) is 0. The van der Waals surface area contributed by atoms with Crippen molar-refractivity contribution in [1.29, 1.82) is 0 Å². The highest BCUT2D eigenvalue weighted by Crippen LogP contribution is 2.31. The van der Waals surface area contributed by atoms with Crippen LogP contribution in [0.3, 0.4) is 0 Å². The van der Waals surface area contributed by atoms with Crippen LogP contribution >= 0.6 is 0 Å². The molecular weight excluding hydrogens is 367 g/mol. The molecule has 2 aromatic carbocycles. The molecule has 0 aliphatic carbocycles. The Bertz CT molecular complexity index is 1200. The van der Waals surface area contributed by atoms with Crippen LogP contribution < -0.4 is 4.90 Å². The number of benzene rings is 2. The zero-order valence-electron chi connectivity index (χ0n) is 15.8. The number of halogens is 1. The highest BCUT2D eigenvalue weighted by Gasteiger charge is 2.27. The van der Waals surface area contributed by atoms with Crippen molar-refractivity contribution in [1.82, 2.24) is 14.8 Å². The second kappa shape index (κ2) is 7.13. The van der Waals surface area contributed by atoms with E-state index in [1.54, 1.807) is 24.5 Å². The Morgan fingerprint density at radius 1 is 1.07 bits per heavy atom. The molecule has 1 aliphatic heterocycles. The first-order valence-corrected chi connectivity index (χ1v) is 9.65. The zero-order chi connectivity index (χ0) is 19.8. The van der Waals surface area contributed by atoms with Gasteiger partial charge in [0.15, 0.2) is 5.65 Å². The summed E-state index contributed by atoms with van der Waals surface area (Å²) in [5.41, 5.74) is 3.54. The van der Waals surface area contributed by atoms with E-state index in [0.717, 1.165) is 35.0 Å². The van der Waals surface area contributed by atoms with E-state index in [0.29, 0.717) is 24.3 Å². The molecule has 29 heavy (non-hydrogen) atoms. The summed E-state index contributed by atoms with van der Waals surface area (Å²) in [6, 6.07) is 16.8. The van der Waals surface area contributed by atoms with Crippen molar-refractivity contribution in [2.24, 2.45) is 0 Å². The lowest BCUT2D eigenvalue weighted by atomic mass is 10.0. The molecule has 2 aromatic heterocycles. The molecule has 6 heteroatoms. The summed E-state index contributed by atoms with van der Waals surface area (Å²) < 4.78 is 16.3. The third-order valence-corrected chi connectivity index (χ3v) is 5.31. The summed E-state index contributed by atoms with van der Waals surface area (Å²) in [6.07, 6.45) is 4.86. The molecular formula is C23H19FN4O. The molecule has 0 unspecified atom stereocenters. The minimum Gasteiger partial charge on any atom is -0.305 e. The summed E-state index contributed by atoms with van der Waals surface area (Å²) in [5.74, 6) is -0.596. The van der Waals surface area contributed by atoms with Gasteiger partial charge in [0.05, 0.1) is 24.0 Å². The van der Waals surface area contributed by atoms with Crippen molar-refractivity contribution in [2.75, 3.05) is 11.4 Å². The summed E-state index contributed by atoms with van der Waals surface area (Å²) in [6.45, 7) is 1.10. The van der Waals surface area contributed by atoms with Gasteiger partial charge in [0.25, 0.3) is 5.91 Å². The molecule has 144 valence electrons. The molecule has 4 aromatic rings. The number of pyridine rings is 1. The molecule has 0 spiro atoms. The summed E-state index contributed by atoms with van der Waals surface area (Å²) >= 11 is 0. The Kier molecular flexibility index (Phi) is 4.31. The van der Waals surface area contributed by atoms with Gasteiger partial charge in [-0.15, -0.1) is 0 Å². The molecule has 0 N–H and O–H groups in total. The Morgan fingerprint density at radius 2 is 1.93 bits per heavy atom. The predicted molar refractivity (Wildman–Crippen MR) is 109 cm³/mol. The number of carbonyl (C=O) groups is 1. The van der Waals surface area contributed by atoms with Crippen molar-refractivity contribution in [3.05, 3.63) is 89.5 Å². The smallest absolute Gasteiger partial charge is 0.259 e. The van der Waals surface area contributed by atoms with Crippen molar-refractivity contribution in [2.45, 2.75) is 19.4 Å². The van der Waals surface area contributed by atoms with Gasteiger partial charge in [-0.3, -0.25) is 4.79 Å². The number of hydrogen-bond acceptors (Lipinski definition) is 3. The van der Waals surface area contributed by atoms with Crippen LogP contribution in [0.4, 0.5) is 10.1 Å². The second-order valence-corrected chi connectivity index (χ2v) is 7.23. The van der Waals surface area contributed by atoms with Crippen LogP contribution in [-0.2, 0) is 13.0 Å². The number of anilines is 1. The Morgan fingerprint density at radius 3 is 2.79 bits per heavy atom. The average Bonchev–Trinajstić information content (AvgIpc) is 3.16. The number of nitrogens with zero attached hydrogens (tertiary/aromatic N) is 4. The fourth-order valence-corrected chi connectivity index (χ4v) is 3.92. The number of carbonyl (C=O) groups excluding carboxylic acids is 1. The number of aromatic nitrogens is 3. The third-order valence-electron chi connectivity index (χ3n) is 5.31. The Hall–Kier alpha value is -3.54. The minimum absolute atomic E-state index is 0.235. The van der Waals surface area contributed by atoms with E-state index in [-0.39, 0.29) is 11.7 Å². The molecule has 1 aliphatic rings. The number of hydrogen-bond donors (Lipinski definition) is 0. The van der Waals surface area contributed by atoms with Gasteiger partial charge in [-0.25, -0.2) is 14.1 Å². The number of rotatable bonds is 3. The van der Waals surface area contributed by atoms with Gasteiger partial charge in [0, 0.05) is 18.1 Å². The van der Waals surface area contributed by atoms with E-state index in [9.17, 15) is 9.18 Å². The van der Waals surface area contributed by atoms with Crippen molar-refractivity contribution in [3.63, 3.8) is 0 Å². The van der Waals surface area contributed by atoms with Crippen molar-refractivity contribution < 1.29 is 9.18 Å². The fourth-order valence-electron chi connectivity index (χ4n) is 3.92. The van der Waals surface area contributed by atoms with Gasteiger partial charge in [0.1, 0.15) is 5.82 Å². The van der Waals surface area contributed by atoms with Gasteiger partial charge < -0.3 is 4.90 Å². The lowest BCUT2D eigenvalue weighted by Crippen LogP contribution is -2.36. The van der Waals surface area contributed by atoms with Crippen LogP contribution in [0.15, 0.2) is 67.0 Å². The quantitative estimate of drug-likeness (QED) is 0.530. The minimum atomic E-state index is -0.361. The maximum absolute atomic E-state index is 14.4. The standard InChI is InChI=1S/C23H19FN4O/c24-20-10-4-8-17-9-5-11-27(21(17)20)23(29)19-12-18-14-26-28(22(18)25-13-19)15-16-6-2-1-3-7-16/h1-4,6-8,10,12-14H,5,9,11,15H2. The summed E-state index contributed by atoms with van der Waals surface area (Å²) in [4.78, 5) is 19.2. The number of fused-ring (bicyclic) bond motifs is 2. The largest absolute Gasteiger partial charge is 0.305 e. The van der Waals surface area contributed by atoms with Crippen LogP contribution in [0.25, 0.3) is 11.0 Å². The maximum Gasteiger partial charge on any atom is 0.259 e. The van der Waals surface area contributed by atoms with Gasteiger partial charge in [-0.2, -0.15) is 5.10 Å². The maximum atomic E-state index is 14.4. The lowest BCUT2D eigenvalue weighted by molar-refractivity contribution is 0.0984. The Labute approximate surface area is 167 Å². The van der Waals surface area contributed by atoms with Gasteiger partial charge in [-0.05, 0) is 36.1 Å². The Balaban J connectivity index is 1.47. The normalized spacial score (nSPS) is 13.5. The van der Waals surface area contributed by atoms with Crippen LogP contribution in [0, 0.1) is 5.82 Å². The third kappa shape index (κ3) is 3.16. The van der Waals surface area contributed by atoms with Crippen LogP contribution in [0.1, 0.15) is 27.9 Å². The molecule has 1 amide bonds. The molecule has 5 nitrogen and oxygen atoms in total. The molecule has 0 radical (unpaired) electrons. The molecule has 3 heterocycles. The molecule has 5 rings (SSSR count). The van der Waals surface area contributed by atoms with E-state index >= 15 is 0 Å². The second-order valence-electron chi connectivity index (χ2n) is 7.23. The first kappa shape index (κ1) is 17.6. The number of para-hydroxylation sites is 1. The molecule has 0 bridgehead atoms. The van der Waals surface area contributed by atoms with E-state index < -0.39 is 0 Å². The molecule has 0 atom stereocenters. The van der Waals surface area contributed by atoms with E-state index in [1.165, 1.54) is 11.0 Å². The molecule has 0 saturated carbocycles. The zero-order valence-corrected chi connectivity index (χ0v) is 15.8. The van der Waals surface area contributed by atoms with E-state index in [4.69, 9.17) is 0 Å². The number of aryl methyl sites for hydroxylation is 1. The van der Waals surface area contributed by atoms with E-state index in [1.807, 2.05) is 41.1 Å². The fraction of sp³-hybridized carbons (Fsp3) is 0.174. The first-order valence-electron chi connectivity index (χ1n) is 9.65. The van der Waals surface area contributed by atoms with Gasteiger partial charge in [0.2, 0.25) is 0 Å². The number of amides is 1. The van der Waals surface area contributed by atoms with Crippen LogP contribution in [0.5, 0.6) is 0 Å². The molecule has 0 fully saturated rings. The van der Waals surface area contributed by atoms with Crippen molar-refractivity contribution in [3.8, 4) is 0 Å². The van der Waals surface area contributed by atoms with Gasteiger partial charge in [-0.1, -0.05) is 42.5 Å². The van der Waals surface area contributed by atoms with Crippen molar-refractivity contribution >= 4 is 22.6 Å². The first-order chi connectivity index (χ1) is 14.2. The highest BCUT2D eigenvalue weighted by molar-refractivity contribution is 6.08. The highest BCUT2D eigenvalue weighted by atomic mass is 19.1.